The number of hydrogen-bond donors (Lipinski definition) is 4. The van der Waals surface area contributed by atoms with E-state index in [1.807, 2.05) is 55.6 Å². The van der Waals surface area contributed by atoms with E-state index in [4.69, 9.17) is 17.2 Å². The summed E-state index contributed by atoms with van der Waals surface area (Å²) >= 11 is 0. The zero-order valence-electron chi connectivity index (χ0n) is 29.8. The van der Waals surface area contributed by atoms with E-state index in [9.17, 15) is 24.0 Å². The minimum Gasteiger partial charge on any atom is -0.333 e. The van der Waals surface area contributed by atoms with E-state index in [0.717, 1.165) is 13.0 Å². The van der Waals surface area contributed by atoms with Crippen molar-refractivity contribution in [2.45, 2.75) is 114 Å². The van der Waals surface area contributed by atoms with Gasteiger partial charge in [0.2, 0.25) is 5.91 Å². The summed E-state index contributed by atoms with van der Waals surface area (Å²) in [7, 11) is 7.06. The van der Waals surface area contributed by atoms with Gasteiger partial charge in [-0.25, -0.2) is 0 Å². The van der Waals surface area contributed by atoms with Gasteiger partial charge >= 0.3 is 0 Å². The highest BCUT2D eigenvalue weighted by molar-refractivity contribution is 5.81. The molecule has 1 aliphatic rings. The molecule has 0 spiro atoms. The first kappa shape index (κ1) is 55.8. The Kier molecular flexibility index (Phi) is 60.9. The van der Waals surface area contributed by atoms with Gasteiger partial charge in [-0.15, -0.1) is 0 Å². The van der Waals surface area contributed by atoms with Crippen LogP contribution in [0.3, 0.4) is 0 Å². The maximum absolute atomic E-state index is 10.8. The van der Waals surface area contributed by atoms with Crippen LogP contribution in [-0.4, -0.2) is 105 Å². The maximum atomic E-state index is 10.8. The quantitative estimate of drug-likeness (QED) is 0.295. The molecule has 1 atom stereocenters. The summed E-state index contributed by atoms with van der Waals surface area (Å²) in [6.07, 6.45) is 4.78. The Labute approximate surface area is 259 Å². The average Bonchev–Trinajstić information content (AvgIpc) is 3.45. The van der Waals surface area contributed by atoms with Gasteiger partial charge in [0.15, 0.2) is 0 Å². The second-order valence-corrected chi connectivity index (χ2v) is 8.77. The standard InChI is InChI=1S/C7H13NO.C5H12N2O.3C4H8O.C3H11N3.C2H6.CH5N/c1-6(9)7-4-3-5-8(7)2;1-3-5(8)7(2)4-6;3*1-3-4(2)5;1-6(2-4)3-5;2*1-2/h7H,3-5H2,1-2H3;3-4,6H2,1-2H3;3*3H2,1-2H3;2-5H2,1H3;1-2H3;2H2,1H3. The van der Waals surface area contributed by atoms with Crippen molar-refractivity contribution in [3.8, 4) is 0 Å². The van der Waals surface area contributed by atoms with Crippen molar-refractivity contribution in [3.63, 3.8) is 0 Å². The zero-order chi connectivity index (χ0) is 35.3. The fourth-order valence-corrected chi connectivity index (χ4v) is 1.87. The summed E-state index contributed by atoms with van der Waals surface area (Å²) in [6, 6.07) is 0.227. The van der Waals surface area contributed by atoms with Crippen LogP contribution in [-0.2, 0) is 24.0 Å². The second-order valence-electron chi connectivity index (χ2n) is 8.77. The van der Waals surface area contributed by atoms with Crippen LogP contribution in [0.25, 0.3) is 0 Å². The molecule has 0 aliphatic carbocycles. The average molecular weight is 610 g/mol. The van der Waals surface area contributed by atoms with Crippen LogP contribution >= 0.6 is 0 Å². The normalized spacial score (nSPS) is 12.3. The topological polar surface area (TPSA) is 199 Å². The van der Waals surface area contributed by atoms with Crippen LogP contribution < -0.4 is 22.9 Å². The SMILES string of the molecule is CC.CC(=O)C1CCCN1C.CCC(=O)N(C)CN.CCC(C)=O.CCC(C)=O.CCC(C)=O.CN.CN(CN)CN. The molecule has 1 heterocycles. The van der Waals surface area contributed by atoms with Crippen molar-refractivity contribution in [1.29, 1.82) is 0 Å². The van der Waals surface area contributed by atoms with E-state index in [1.165, 1.54) is 18.4 Å². The van der Waals surface area contributed by atoms with Gasteiger partial charge in [0, 0.05) is 46.1 Å². The maximum Gasteiger partial charge on any atom is 0.223 e. The molecule has 1 saturated heterocycles. The van der Waals surface area contributed by atoms with Gasteiger partial charge in [0.05, 0.1) is 12.7 Å². The number of amides is 1. The van der Waals surface area contributed by atoms with Gasteiger partial charge in [0.25, 0.3) is 0 Å². The van der Waals surface area contributed by atoms with E-state index in [2.05, 4.69) is 10.6 Å². The molecule has 256 valence electrons. The Balaban J connectivity index is -0.0000000694. The molecule has 0 bridgehead atoms. The highest BCUT2D eigenvalue weighted by Crippen LogP contribution is 2.14. The third-order valence-electron chi connectivity index (χ3n) is 5.11. The molecule has 0 radical (unpaired) electrons. The smallest absolute Gasteiger partial charge is 0.223 e. The number of likely N-dealkylation sites (tertiary alicyclic amines) is 1. The van der Waals surface area contributed by atoms with Crippen molar-refractivity contribution in [3.05, 3.63) is 0 Å². The minimum atomic E-state index is 0.0903. The largest absolute Gasteiger partial charge is 0.333 e. The van der Waals surface area contributed by atoms with Gasteiger partial charge in [0.1, 0.15) is 23.1 Å². The predicted octanol–water partition coefficient (Wildman–Crippen LogP) is 2.75. The van der Waals surface area contributed by atoms with Crippen LogP contribution in [0.2, 0.25) is 0 Å². The molecule has 1 rings (SSSR count). The van der Waals surface area contributed by atoms with E-state index < -0.39 is 0 Å². The number of ketones is 4. The summed E-state index contributed by atoms with van der Waals surface area (Å²) < 4.78 is 0. The lowest BCUT2D eigenvalue weighted by atomic mass is 10.1. The molecule has 0 aromatic rings. The number of nitrogens with zero attached hydrogens (tertiary/aromatic N) is 3. The van der Waals surface area contributed by atoms with Gasteiger partial charge in [-0.1, -0.05) is 41.5 Å². The summed E-state index contributed by atoms with van der Waals surface area (Å²) in [5.41, 5.74) is 19.9. The Morgan fingerprint density at radius 2 is 1.00 bits per heavy atom. The number of rotatable bonds is 8. The number of hydrogen-bond acceptors (Lipinski definition) is 11. The number of Topliss-reactive ketones (excluding diaryl/α,β-unsaturated/α-hetero) is 4. The molecule has 42 heavy (non-hydrogen) atoms. The Bertz CT molecular complexity index is 584. The van der Waals surface area contributed by atoms with Crippen molar-refractivity contribution in [2.75, 3.05) is 54.7 Å². The van der Waals surface area contributed by atoms with Crippen molar-refractivity contribution in [1.82, 2.24) is 14.7 Å². The molecule has 1 unspecified atom stereocenters. The van der Waals surface area contributed by atoms with Gasteiger partial charge in [-0.3, -0.25) is 19.4 Å². The summed E-state index contributed by atoms with van der Waals surface area (Å²) in [5.74, 6) is 1.17. The van der Waals surface area contributed by atoms with Gasteiger partial charge in [-0.05, 0) is 68.2 Å². The molecule has 0 aromatic heterocycles. The number of likely N-dealkylation sites (N-methyl/N-ethyl adjacent to an activating group) is 1. The molecule has 0 aromatic carbocycles. The summed E-state index contributed by atoms with van der Waals surface area (Å²) in [6.45, 7) is 20.3. The highest BCUT2D eigenvalue weighted by atomic mass is 16.2. The van der Waals surface area contributed by atoms with Crippen molar-refractivity contribution >= 4 is 29.0 Å². The highest BCUT2D eigenvalue weighted by Gasteiger charge is 2.23. The molecular weight excluding hydrogens is 538 g/mol. The van der Waals surface area contributed by atoms with E-state index >= 15 is 0 Å². The monoisotopic (exact) mass is 610 g/mol. The first-order valence-corrected chi connectivity index (χ1v) is 14.9. The molecule has 12 nitrogen and oxygen atoms in total. The molecule has 1 fully saturated rings. The fourth-order valence-electron chi connectivity index (χ4n) is 1.87. The predicted molar refractivity (Wildman–Crippen MR) is 179 cm³/mol. The lowest BCUT2D eigenvalue weighted by Gasteiger charge is -2.14. The Morgan fingerprint density at radius 3 is 1.07 bits per heavy atom. The van der Waals surface area contributed by atoms with Crippen molar-refractivity contribution in [2.24, 2.45) is 22.9 Å². The van der Waals surface area contributed by atoms with Crippen LogP contribution in [0.4, 0.5) is 0 Å². The molecule has 0 saturated carbocycles. The van der Waals surface area contributed by atoms with Crippen LogP contribution in [0.1, 0.15) is 108 Å². The Morgan fingerprint density at radius 1 is 0.690 bits per heavy atom. The van der Waals surface area contributed by atoms with Crippen molar-refractivity contribution < 1.29 is 24.0 Å². The Hall–Kier alpha value is -2.09. The van der Waals surface area contributed by atoms with E-state index in [-0.39, 0.29) is 29.3 Å². The lowest BCUT2D eigenvalue weighted by molar-refractivity contribution is -0.129. The van der Waals surface area contributed by atoms with E-state index in [0.29, 0.717) is 51.5 Å². The number of nitrogens with two attached hydrogens (primary N) is 4. The molecule has 1 amide bonds. The summed E-state index contributed by atoms with van der Waals surface area (Å²) in [4.78, 5) is 56.3. The molecular formula is C30H71N7O5. The molecule has 1 aliphatic heterocycles. The fraction of sp³-hybridized carbons (Fsp3) is 0.833. The third-order valence-corrected chi connectivity index (χ3v) is 5.11. The lowest BCUT2D eigenvalue weighted by Crippen LogP contribution is -2.31. The third kappa shape index (κ3) is 57.7. The second kappa shape index (κ2) is 45.9. The first-order chi connectivity index (χ1) is 19.6. The van der Waals surface area contributed by atoms with Crippen LogP contribution in [0, 0.1) is 0 Å². The van der Waals surface area contributed by atoms with Crippen LogP contribution in [0.15, 0.2) is 0 Å². The number of carbonyl (C=O) groups excluding carboxylic acids is 5. The molecule has 12 heteroatoms. The minimum absolute atomic E-state index is 0.0903. The zero-order valence-corrected chi connectivity index (χ0v) is 29.8. The summed E-state index contributed by atoms with van der Waals surface area (Å²) in [5, 5.41) is 0. The first-order valence-electron chi connectivity index (χ1n) is 14.9. The number of carbonyl (C=O) groups is 5. The molecule has 8 N–H and O–H groups in total. The van der Waals surface area contributed by atoms with Gasteiger partial charge < -0.3 is 42.2 Å². The van der Waals surface area contributed by atoms with E-state index in [1.54, 1.807) is 39.6 Å². The van der Waals surface area contributed by atoms with Crippen LogP contribution in [0.5, 0.6) is 0 Å². The van der Waals surface area contributed by atoms with Gasteiger partial charge in [-0.2, -0.15) is 0 Å².